The number of hydrogen-bond acceptors (Lipinski definition) is 3. The molecule has 5 heteroatoms. The number of carbonyl (C=O) groups is 1. The summed E-state index contributed by atoms with van der Waals surface area (Å²) in [4.78, 5) is 12.9. The molecule has 3 rings (SSSR count). The number of carbonyl (C=O) groups excluding carboxylic acids is 1. The molecule has 0 spiro atoms. The lowest BCUT2D eigenvalue weighted by molar-refractivity contribution is -0.129. The SMILES string of the molecule is CC[C@H](Oc1cccc(Cl)c1)C(=O)N[C@@H]1CC(C)(C)Oc2cc(C)ccc21. The average Bonchev–Trinajstić information content (AvgIpc) is 2.58. The van der Waals surface area contributed by atoms with Crippen molar-refractivity contribution >= 4 is 17.5 Å². The number of ether oxygens (including phenoxy) is 2. The molecule has 0 aliphatic carbocycles. The van der Waals surface area contributed by atoms with Crippen LogP contribution < -0.4 is 14.8 Å². The molecule has 0 saturated carbocycles. The lowest BCUT2D eigenvalue weighted by Gasteiger charge is -2.38. The van der Waals surface area contributed by atoms with Crippen molar-refractivity contribution in [1.82, 2.24) is 5.32 Å². The van der Waals surface area contributed by atoms with Gasteiger partial charge in [-0.3, -0.25) is 4.79 Å². The third-order valence-electron chi connectivity index (χ3n) is 4.68. The third-order valence-corrected chi connectivity index (χ3v) is 4.92. The number of amides is 1. The Labute approximate surface area is 165 Å². The Morgan fingerprint density at radius 3 is 2.81 bits per heavy atom. The van der Waals surface area contributed by atoms with Crippen molar-refractivity contribution < 1.29 is 14.3 Å². The molecular weight excluding hydrogens is 362 g/mol. The monoisotopic (exact) mass is 387 g/mol. The summed E-state index contributed by atoms with van der Waals surface area (Å²) in [5.74, 6) is 1.29. The maximum Gasteiger partial charge on any atom is 0.261 e. The molecule has 27 heavy (non-hydrogen) atoms. The van der Waals surface area contributed by atoms with Crippen LogP contribution in [0.3, 0.4) is 0 Å². The lowest BCUT2D eigenvalue weighted by atomic mass is 9.89. The molecule has 2 aromatic rings. The van der Waals surface area contributed by atoms with E-state index in [1.807, 2.05) is 52.0 Å². The van der Waals surface area contributed by atoms with Gasteiger partial charge in [-0.1, -0.05) is 36.7 Å². The molecule has 0 unspecified atom stereocenters. The number of aryl methyl sites for hydroxylation is 1. The third kappa shape index (κ3) is 4.75. The van der Waals surface area contributed by atoms with Gasteiger partial charge in [-0.15, -0.1) is 0 Å². The van der Waals surface area contributed by atoms with Crippen LogP contribution in [0.1, 0.15) is 50.8 Å². The maximum atomic E-state index is 12.9. The zero-order chi connectivity index (χ0) is 19.6. The molecule has 0 bridgehead atoms. The Morgan fingerprint density at radius 1 is 1.33 bits per heavy atom. The van der Waals surface area contributed by atoms with Crippen molar-refractivity contribution in [2.45, 2.75) is 58.3 Å². The first-order valence-corrected chi connectivity index (χ1v) is 9.67. The summed E-state index contributed by atoms with van der Waals surface area (Å²) < 4.78 is 12.0. The highest BCUT2D eigenvalue weighted by Crippen LogP contribution is 2.40. The molecular formula is C22H26ClNO3. The molecule has 1 amide bonds. The second kappa shape index (κ2) is 7.81. The quantitative estimate of drug-likeness (QED) is 0.764. The molecule has 144 valence electrons. The molecule has 0 aromatic heterocycles. The molecule has 0 radical (unpaired) electrons. The number of rotatable bonds is 5. The van der Waals surface area contributed by atoms with E-state index in [9.17, 15) is 4.79 Å². The van der Waals surface area contributed by atoms with Gasteiger partial charge in [0.05, 0.1) is 6.04 Å². The minimum Gasteiger partial charge on any atom is -0.487 e. The normalized spacial score (nSPS) is 18.8. The van der Waals surface area contributed by atoms with Gasteiger partial charge in [0.15, 0.2) is 6.10 Å². The molecule has 2 atom stereocenters. The van der Waals surface area contributed by atoms with Crippen molar-refractivity contribution in [2.24, 2.45) is 0 Å². The van der Waals surface area contributed by atoms with Gasteiger partial charge in [0, 0.05) is 17.0 Å². The molecule has 1 N–H and O–H groups in total. The van der Waals surface area contributed by atoms with E-state index in [1.165, 1.54) is 0 Å². The van der Waals surface area contributed by atoms with Crippen molar-refractivity contribution in [3.05, 3.63) is 58.6 Å². The smallest absolute Gasteiger partial charge is 0.261 e. The average molecular weight is 388 g/mol. The van der Waals surface area contributed by atoms with Crippen molar-refractivity contribution in [3.8, 4) is 11.5 Å². The van der Waals surface area contributed by atoms with Crippen molar-refractivity contribution in [1.29, 1.82) is 0 Å². The van der Waals surface area contributed by atoms with Crippen LogP contribution >= 0.6 is 11.6 Å². The lowest BCUT2D eigenvalue weighted by Crippen LogP contribution is -2.45. The van der Waals surface area contributed by atoms with Crippen LogP contribution in [0.15, 0.2) is 42.5 Å². The summed E-state index contributed by atoms with van der Waals surface area (Å²) in [5, 5.41) is 3.74. The Balaban J connectivity index is 1.77. The molecule has 1 aliphatic rings. The number of fused-ring (bicyclic) bond motifs is 1. The minimum atomic E-state index is -0.580. The van der Waals surface area contributed by atoms with Gasteiger partial charge >= 0.3 is 0 Å². The summed E-state index contributed by atoms with van der Waals surface area (Å²) >= 11 is 6.01. The van der Waals surface area contributed by atoms with Crippen molar-refractivity contribution in [3.63, 3.8) is 0 Å². The molecule has 0 fully saturated rings. The van der Waals surface area contributed by atoms with E-state index in [1.54, 1.807) is 18.2 Å². The van der Waals surface area contributed by atoms with Crippen LogP contribution in [0.25, 0.3) is 0 Å². The number of hydrogen-bond donors (Lipinski definition) is 1. The largest absolute Gasteiger partial charge is 0.487 e. The molecule has 1 aliphatic heterocycles. The summed E-state index contributed by atoms with van der Waals surface area (Å²) in [6.45, 7) is 8.04. The first-order valence-electron chi connectivity index (χ1n) is 9.29. The fourth-order valence-electron chi connectivity index (χ4n) is 3.38. The minimum absolute atomic E-state index is 0.117. The number of benzene rings is 2. The second-order valence-electron chi connectivity index (χ2n) is 7.64. The zero-order valence-electron chi connectivity index (χ0n) is 16.2. The molecule has 4 nitrogen and oxygen atoms in total. The maximum absolute atomic E-state index is 12.9. The van der Waals surface area contributed by atoms with Gasteiger partial charge in [-0.2, -0.15) is 0 Å². The summed E-state index contributed by atoms with van der Waals surface area (Å²) in [6, 6.07) is 13.1. The van der Waals surface area contributed by atoms with Crippen LogP contribution in [0.2, 0.25) is 5.02 Å². The standard InChI is InChI=1S/C22H26ClNO3/c1-5-19(26-16-8-6-7-15(23)12-16)21(25)24-18-13-22(3,4)27-20-11-14(2)9-10-17(18)20/h6-12,18-19H,5,13H2,1-4H3,(H,24,25)/t18-,19+/m1/s1. The predicted octanol–water partition coefficient (Wildman–Crippen LogP) is 5.22. The highest BCUT2D eigenvalue weighted by atomic mass is 35.5. The van der Waals surface area contributed by atoms with E-state index in [2.05, 4.69) is 5.32 Å². The molecule has 2 aromatic carbocycles. The van der Waals surface area contributed by atoms with E-state index in [4.69, 9.17) is 21.1 Å². The van der Waals surface area contributed by atoms with Gasteiger partial charge in [-0.05, 0) is 57.0 Å². The number of halogens is 1. The van der Waals surface area contributed by atoms with Gasteiger partial charge in [0.1, 0.15) is 17.1 Å². The Hall–Kier alpha value is -2.20. The Morgan fingerprint density at radius 2 is 2.11 bits per heavy atom. The topological polar surface area (TPSA) is 47.6 Å². The van der Waals surface area contributed by atoms with E-state index in [0.29, 0.717) is 23.6 Å². The first-order chi connectivity index (χ1) is 12.8. The first kappa shape index (κ1) is 19.6. The summed E-state index contributed by atoms with van der Waals surface area (Å²) in [6.07, 6.45) is 0.678. The van der Waals surface area contributed by atoms with Gasteiger partial charge < -0.3 is 14.8 Å². The van der Waals surface area contributed by atoms with Gasteiger partial charge in [0.25, 0.3) is 5.91 Å². The van der Waals surface area contributed by atoms with Gasteiger partial charge in [-0.25, -0.2) is 0 Å². The van der Waals surface area contributed by atoms with Crippen LogP contribution in [0.5, 0.6) is 11.5 Å². The number of nitrogens with one attached hydrogen (secondary N) is 1. The van der Waals surface area contributed by atoms with E-state index < -0.39 is 6.10 Å². The van der Waals surface area contributed by atoms with E-state index >= 15 is 0 Å². The summed E-state index contributed by atoms with van der Waals surface area (Å²) in [7, 11) is 0. The molecule has 1 heterocycles. The van der Waals surface area contributed by atoms with Gasteiger partial charge in [0.2, 0.25) is 0 Å². The van der Waals surface area contributed by atoms with E-state index in [0.717, 1.165) is 16.9 Å². The fourth-order valence-corrected chi connectivity index (χ4v) is 3.56. The Bertz CT molecular complexity index is 834. The second-order valence-corrected chi connectivity index (χ2v) is 8.08. The molecule has 0 saturated heterocycles. The summed E-state index contributed by atoms with van der Waals surface area (Å²) in [5.41, 5.74) is 1.78. The van der Waals surface area contributed by atoms with Crippen LogP contribution in [0, 0.1) is 6.92 Å². The van der Waals surface area contributed by atoms with E-state index in [-0.39, 0.29) is 17.6 Å². The van der Waals surface area contributed by atoms with Crippen LogP contribution in [-0.2, 0) is 4.79 Å². The van der Waals surface area contributed by atoms with Crippen molar-refractivity contribution in [2.75, 3.05) is 0 Å². The Kier molecular flexibility index (Phi) is 5.66. The van der Waals surface area contributed by atoms with Crippen LogP contribution in [-0.4, -0.2) is 17.6 Å². The fraction of sp³-hybridized carbons (Fsp3) is 0.409. The zero-order valence-corrected chi connectivity index (χ0v) is 17.0. The predicted molar refractivity (Wildman–Crippen MR) is 108 cm³/mol. The highest BCUT2D eigenvalue weighted by Gasteiger charge is 2.35. The highest BCUT2D eigenvalue weighted by molar-refractivity contribution is 6.30. The van der Waals surface area contributed by atoms with Crippen LogP contribution in [0.4, 0.5) is 0 Å².